The van der Waals surface area contributed by atoms with Crippen molar-refractivity contribution in [3.8, 4) is 11.5 Å². The first-order valence-electron chi connectivity index (χ1n) is 9.44. The van der Waals surface area contributed by atoms with E-state index < -0.39 is 0 Å². The van der Waals surface area contributed by atoms with Gasteiger partial charge < -0.3 is 19.7 Å². The first-order chi connectivity index (χ1) is 13.3. The second-order valence-corrected chi connectivity index (χ2v) is 6.60. The van der Waals surface area contributed by atoms with E-state index in [1.165, 1.54) is 0 Å². The van der Waals surface area contributed by atoms with E-state index in [9.17, 15) is 4.79 Å². The zero-order valence-corrected chi connectivity index (χ0v) is 15.8. The Balaban J connectivity index is 1.50. The Morgan fingerprint density at radius 1 is 1.26 bits per heavy atom. The molecule has 1 fully saturated rings. The van der Waals surface area contributed by atoms with Gasteiger partial charge in [0.05, 0.1) is 12.8 Å². The van der Waals surface area contributed by atoms with Gasteiger partial charge in [-0.15, -0.1) is 0 Å². The average molecular weight is 369 g/mol. The lowest BCUT2D eigenvalue weighted by Crippen LogP contribution is -2.28. The molecule has 0 atom stereocenters. The SMILES string of the molecule is COc1ccc(OCc2ccccn2)c(CNCCCN2CCCC2=O)c1. The summed E-state index contributed by atoms with van der Waals surface area (Å²) in [6, 6.07) is 11.6. The summed E-state index contributed by atoms with van der Waals surface area (Å²) in [7, 11) is 1.66. The molecule has 1 aromatic heterocycles. The van der Waals surface area contributed by atoms with E-state index in [0.29, 0.717) is 19.6 Å². The number of hydrogen-bond acceptors (Lipinski definition) is 5. The van der Waals surface area contributed by atoms with Crippen molar-refractivity contribution in [1.82, 2.24) is 15.2 Å². The Morgan fingerprint density at radius 2 is 2.19 bits per heavy atom. The van der Waals surface area contributed by atoms with E-state index in [4.69, 9.17) is 9.47 Å². The molecule has 144 valence electrons. The molecule has 2 aromatic rings. The minimum absolute atomic E-state index is 0.285. The summed E-state index contributed by atoms with van der Waals surface area (Å²) in [6.07, 6.45) is 4.40. The van der Waals surface area contributed by atoms with Crippen LogP contribution >= 0.6 is 0 Å². The molecule has 1 amide bonds. The van der Waals surface area contributed by atoms with Gasteiger partial charge in [-0.05, 0) is 49.7 Å². The number of likely N-dealkylation sites (tertiary alicyclic amines) is 1. The average Bonchev–Trinajstić information content (AvgIpc) is 3.12. The van der Waals surface area contributed by atoms with Crippen molar-refractivity contribution in [3.05, 3.63) is 53.9 Å². The molecule has 1 aromatic carbocycles. The summed E-state index contributed by atoms with van der Waals surface area (Å²) < 4.78 is 11.3. The molecule has 0 bridgehead atoms. The molecule has 6 nitrogen and oxygen atoms in total. The molecule has 1 aliphatic heterocycles. The Kier molecular flexibility index (Phi) is 7.04. The normalized spacial score (nSPS) is 13.8. The van der Waals surface area contributed by atoms with Gasteiger partial charge >= 0.3 is 0 Å². The Hall–Kier alpha value is -2.60. The minimum Gasteiger partial charge on any atom is -0.497 e. The van der Waals surface area contributed by atoms with Gasteiger partial charge in [0.1, 0.15) is 18.1 Å². The van der Waals surface area contributed by atoms with Crippen LogP contribution in [-0.2, 0) is 17.9 Å². The molecule has 0 saturated carbocycles. The minimum atomic E-state index is 0.285. The van der Waals surface area contributed by atoms with Crippen LogP contribution in [0, 0.1) is 0 Å². The van der Waals surface area contributed by atoms with E-state index in [-0.39, 0.29) is 5.91 Å². The largest absolute Gasteiger partial charge is 0.497 e. The van der Waals surface area contributed by atoms with Crippen molar-refractivity contribution in [2.75, 3.05) is 26.7 Å². The summed E-state index contributed by atoms with van der Waals surface area (Å²) in [6.45, 7) is 3.69. The second kappa shape index (κ2) is 9.92. The topological polar surface area (TPSA) is 63.7 Å². The molecule has 1 saturated heterocycles. The number of aromatic nitrogens is 1. The van der Waals surface area contributed by atoms with E-state index >= 15 is 0 Å². The fourth-order valence-electron chi connectivity index (χ4n) is 3.16. The highest BCUT2D eigenvalue weighted by Gasteiger charge is 2.18. The number of carbonyl (C=O) groups is 1. The van der Waals surface area contributed by atoms with Gasteiger partial charge in [0.15, 0.2) is 0 Å². The number of amides is 1. The molecule has 0 aliphatic carbocycles. The third kappa shape index (κ3) is 5.69. The Labute approximate surface area is 160 Å². The summed E-state index contributed by atoms with van der Waals surface area (Å²) in [4.78, 5) is 17.9. The zero-order valence-electron chi connectivity index (χ0n) is 15.8. The number of methoxy groups -OCH3 is 1. The van der Waals surface area contributed by atoms with Crippen LogP contribution in [0.15, 0.2) is 42.6 Å². The number of nitrogens with one attached hydrogen (secondary N) is 1. The maximum atomic E-state index is 11.6. The lowest BCUT2D eigenvalue weighted by Gasteiger charge is -2.16. The van der Waals surface area contributed by atoms with Gasteiger partial charge in [-0.1, -0.05) is 6.07 Å². The molecule has 3 rings (SSSR count). The van der Waals surface area contributed by atoms with Gasteiger partial charge in [0, 0.05) is 37.8 Å². The summed E-state index contributed by atoms with van der Waals surface area (Å²) in [5.74, 6) is 1.91. The maximum absolute atomic E-state index is 11.6. The molecule has 0 radical (unpaired) electrons. The van der Waals surface area contributed by atoms with Crippen molar-refractivity contribution in [3.63, 3.8) is 0 Å². The Bertz CT molecular complexity index is 737. The predicted molar refractivity (Wildman–Crippen MR) is 104 cm³/mol. The molecule has 2 heterocycles. The van der Waals surface area contributed by atoms with Crippen LogP contribution in [0.2, 0.25) is 0 Å². The van der Waals surface area contributed by atoms with Gasteiger partial charge in [0.25, 0.3) is 0 Å². The number of carbonyl (C=O) groups excluding carboxylic acids is 1. The quantitative estimate of drug-likeness (QED) is 0.653. The number of ether oxygens (including phenoxy) is 2. The van der Waals surface area contributed by atoms with Crippen molar-refractivity contribution < 1.29 is 14.3 Å². The van der Waals surface area contributed by atoms with E-state index in [2.05, 4.69) is 10.3 Å². The van der Waals surface area contributed by atoms with E-state index in [1.54, 1.807) is 13.3 Å². The van der Waals surface area contributed by atoms with Crippen LogP contribution in [-0.4, -0.2) is 42.5 Å². The van der Waals surface area contributed by atoms with Gasteiger partial charge in [-0.2, -0.15) is 0 Å². The van der Waals surface area contributed by atoms with Gasteiger partial charge in [-0.25, -0.2) is 0 Å². The third-order valence-corrected chi connectivity index (χ3v) is 4.64. The predicted octanol–water partition coefficient (Wildman–Crippen LogP) is 2.77. The van der Waals surface area contributed by atoms with Crippen LogP contribution in [0.3, 0.4) is 0 Å². The van der Waals surface area contributed by atoms with E-state index in [0.717, 1.165) is 55.2 Å². The number of benzene rings is 1. The first-order valence-corrected chi connectivity index (χ1v) is 9.44. The lowest BCUT2D eigenvalue weighted by atomic mass is 10.2. The molecule has 0 unspecified atom stereocenters. The van der Waals surface area contributed by atoms with Crippen LogP contribution in [0.4, 0.5) is 0 Å². The number of rotatable bonds is 10. The molecule has 1 N–H and O–H groups in total. The molecule has 27 heavy (non-hydrogen) atoms. The van der Waals surface area contributed by atoms with Gasteiger partial charge in [-0.3, -0.25) is 9.78 Å². The number of nitrogens with zero attached hydrogens (tertiary/aromatic N) is 2. The van der Waals surface area contributed by atoms with Crippen LogP contribution < -0.4 is 14.8 Å². The zero-order chi connectivity index (χ0) is 18.9. The molecule has 1 aliphatic rings. The maximum Gasteiger partial charge on any atom is 0.222 e. The summed E-state index contributed by atoms with van der Waals surface area (Å²) >= 11 is 0. The third-order valence-electron chi connectivity index (χ3n) is 4.64. The Morgan fingerprint density at radius 3 is 2.93 bits per heavy atom. The highest BCUT2D eigenvalue weighted by molar-refractivity contribution is 5.77. The number of pyridine rings is 1. The molecular weight excluding hydrogens is 342 g/mol. The van der Waals surface area contributed by atoms with Crippen molar-refractivity contribution >= 4 is 5.91 Å². The number of hydrogen-bond donors (Lipinski definition) is 1. The molecule has 6 heteroatoms. The fourth-order valence-corrected chi connectivity index (χ4v) is 3.16. The standard InChI is InChI=1S/C21H27N3O3/c1-26-19-8-9-20(27-16-18-6-2-3-11-23-18)17(14-19)15-22-10-5-13-24-12-4-7-21(24)25/h2-3,6,8-9,11,14,22H,4-5,7,10,12-13,15-16H2,1H3. The van der Waals surface area contributed by atoms with Crippen molar-refractivity contribution in [2.24, 2.45) is 0 Å². The lowest BCUT2D eigenvalue weighted by molar-refractivity contribution is -0.127. The second-order valence-electron chi connectivity index (χ2n) is 6.60. The smallest absolute Gasteiger partial charge is 0.222 e. The molecular formula is C21H27N3O3. The van der Waals surface area contributed by atoms with Crippen LogP contribution in [0.5, 0.6) is 11.5 Å². The monoisotopic (exact) mass is 369 g/mol. The van der Waals surface area contributed by atoms with Crippen LogP contribution in [0.1, 0.15) is 30.5 Å². The van der Waals surface area contributed by atoms with Crippen molar-refractivity contribution in [2.45, 2.75) is 32.4 Å². The summed E-state index contributed by atoms with van der Waals surface area (Å²) in [5.41, 5.74) is 1.94. The van der Waals surface area contributed by atoms with Crippen LogP contribution in [0.25, 0.3) is 0 Å². The first kappa shape index (κ1) is 19.2. The highest BCUT2D eigenvalue weighted by Crippen LogP contribution is 2.25. The van der Waals surface area contributed by atoms with E-state index in [1.807, 2.05) is 41.3 Å². The van der Waals surface area contributed by atoms with Crippen molar-refractivity contribution in [1.29, 1.82) is 0 Å². The summed E-state index contributed by atoms with van der Waals surface area (Å²) in [5, 5.41) is 3.44. The molecule has 0 spiro atoms. The van der Waals surface area contributed by atoms with Gasteiger partial charge in [0.2, 0.25) is 5.91 Å². The fraction of sp³-hybridized carbons (Fsp3) is 0.429. The highest BCUT2D eigenvalue weighted by atomic mass is 16.5.